The number of rotatable bonds is 6. The fraction of sp³-hybridized carbons (Fsp3) is 0.333. The summed E-state index contributed by atoms with van der Waals surface area (Å²) in [7, 11) is 0. The molecule has 0 atom stereocenters. The van der Waals surface area contributed by atoms with Crippen molar-refractivity contribution in [1.82, 2.24) is 0 Å². The Bertz CT molecular complexity index is 618. The van der Waals surface area contributed by atoms with Crippen LogP contribution in [0, 0.1) is 5.82 Å². The zero-order valence-corrected chi connectivity index (χ0v) is 13.0. The number of hydrogen-bond donors (Lipinski definition) is 0. The first-order chi connectivity index (χ1) is 11.2. The standard InChI is InChI=1S/C18H19FO4/c1-2-18(21-11-12-22-18)13-20-15-7-9-17(10-8-15)23-16-5-3-14(19)4-6-16/h3-10H,2,11-13H2,1H3. The number of benzene rings is 2. The van der Waals surface area contributed by atoms with Gasteiger partial charge in [0.1, 0.15) is 29.7 Å². The Morgan fingerprint density at radius 2 is 1.43 bits per heavy atom. The fourth-order valence-electron chi connectivity index (χ4n) is 2.32. The molecule has 0 unspecified atom stereocenters. The van der Waals surface area contributed by atoms with E-state index in [1.54, 1.807) is 24.3 Å². The van der Waals surface area contributed by atoms with Gasteiger partial charge >= 0.3 is 0 Å². The summed E-state index contributed by atoms with van der Waals surface area (Å²) < 4.78 is 35.5. The van der Waals surface area contributed by atoms with E-state index in [1.165, 1.54) is 12.1 Å². The third kappa shape index (κ3) is 4.00. The van der Waals surface area contributed by atoms with E-state index < -0.39 is 5.79 Å². The van der Waals surface area contributed by atoms with Crippen LogP contribution in [-0.4, -0.2) is 25.6 Å². The second-order valence-electron chi connectivity index (χ2n) is 5.28. The highest BCUT2D eigenvalue weighted by molar-refractivity contribution is 5.35. The van der Waals surface area contributed by atoms with Crippen molar-refractivity contribution in [2.24, 2.45) is 0 Å². The zero-order chi connectivity index (χ0) is 16.1. The molecule has 1 fully saturated rings. The lowest BCUT2D eigenvalue weighted by Crippen LogP contribution is -2.36. The molecular weight excluding hydrogens is 299 g/mol. The summed E-state index contributed by atoms with van der Waals surface area (Å²) in [6.45, 7) is 3.55. The van der Waals surface area contributed by atoms with Crippen molar-refractivity contribution in [3.05, 3.63) is 54.3 Å². The van der Waals surface area contributed by atoms with Crippen LogP contribution in [0.15, 0.2) is 48.5 Å². The molecule has 1 aliphatic rings. The van der Waals surface area contributed by atoms with Crippen molar-refractivity contribution < 1.29 is 23.3 Å². The summed E-state index contributed by atoms with van der Waals surface area (Å²) in [5, 5.41) is 0. The molecule has 0 bridgehead atoms. The zero-order valence-electron chi connectivity index (χ0n) is 13.0. The molecular formula is C18H19FO4. The minimum absolute atomic E-state index is 0.290. The summed E-state index contributed by atoms with van der Waals surface area (Å²) in [4.78, 5) is 0. The Hall–Kier alpha value is -2.11. The van der Waals surface area contributed by atoms with E-state index in [9.17, 15) is 4.39 Å². The molecule has 3 rings (SSSR count). The molecule has 2 aromatic rings. The number of halogens is 1. The van der Waals surface area contributed by atoms with Gasteiger partial charge in [-0.25, -0.2) is 4.39 Å². The molecule has 0 aliphatic carbocycles. The third-order valence-corrected chi connectivity index (χ3v) is 3.68. The predicted molar refractivity (Wildman–Crippen MR) is 83.3 cm³/mol. The van der Waals surface area contributed by atoms with Gasteiger partial charge in [-0.2, -0.15) is 0 Å². The van der Waals surface area contributed by atoms with Gasteiger partial charge in [-0.05, 0) is 48.5 Å². The van der Waals surface area contributed by atoms with Gasteiger partial charge in [-0.1, -0.05) is 6.92 Å². The van der Waals surface area contributed by atoms with E-state index in [2.05, 4.69) is 0 Å². The van der Waals surface area contributed by atoms with E-state index in [1.807, 2.05) is 19.1 Å². The topological polar surface area (TPSA) is 36.9 Å². The molecule has 122 valence electrons. The Balaban J connectivity index is 1.57. The summed E-state index contributed by atoms with van der Waals surface area (Å²) in [5.74, 6) is 1.02. The van der Waals surface area contributed by atoms with Crippen LogP contribution in [0.5, 0.6) is 17.2 Å². The largest absolute Gasteiger partial charge is 0.488 e. The van der Waals surface area contributed by atoms with Crippen molar-refractivity contribution in [3.63, 3.8) is 0 Å². The molecule has 0 amide bonds. The second-order valence-corrected chi connectivity index (χ2v) is 5.28. The predicted octanol–water partition coefficient (Wildman–Crippen LogP) is 4.15. The maximum atomic E-state index is 12.9. The van der Waals surface area contributed by atoms with Crippen LogP contribution in [0.3, 0.4) is 0 Å². The van der Waals surface area contributed by atoms with Crippen molar-refractivity contribution in [3.8, 4) is 17.2 Å². The average molecular weight is 318 g/mol. The van der Waals surface area contributed by atoms with Crippen molar-refractivity contribution >= 4 is 0 Å². The lowest BCUT2D eigenvalue weighted by Gasteiger charge is -2.25. The molecule has 0 spiro atoms. The molecule has 1 heterocycles. The van der Waals surface area contributed by atoms with Crippen LogP contribution in [-0.2, 0) is 9.47 Å². The van der Waals surface area contributed by atoms with Crippen LogP contribution < -0.4 is 9.47 Å². The molecule has 1 saturated heterocycles. The van der Waals surface area contributed by atoms with Gasteiger partial charge in [0.2, 0.25) is 5.79 Å². The summed E-state index contributed by atoms with van der Waals surface area (Å²) in [6.07, 6.45) is 0.735. The van der Waals surface area contributed by atoms with Crippen molar-refractivity contribution in [2.75, 3.05) is 19.8 Å². The lowest BCUT2D eigenvalue weighted by molar-refractivity contribution is -0.178. The van der Waals surface area contributed by atoms with E-state index in [4.69, 9.17) is 18.9 Å². The number of ether oxygens (including phenoxy) is 4. The van der Waals surface area contributed by atoms with Gasteiger partial charge in [0, 0.05) is 6.42 Å². The molecule has 23 heavy (non-hydrogen) atoms. The first-order valence-electron chi connectivity index (χ1n) is 7.63. The number of hydrogen-bond acceptors (Lipinski definition) is 4. The maximum Gasteiger partial charge on any atom is 0.202 e. The first-order valence-corrected chi connectivity index (χ1v) is 7.63. The van der Waals surface area contributed by atoms with Gasteiger partial charge in [-0.3, -0.25) is 0 Å². The summed E-state index contributed by atoms with van der Waals surface area (Å²) in [5.41, 5.74) is 0. The normalized spacial score (nSPS) is 16.3. The van der Waals surface area contributed by atoms with E-state index >= 15 is 0 Å². The van der Waals surface area contributed by atoms with Crippen LogP contribution in [0.2, 0.25) is 0 Å². The van der Waals surface area contributed by atoms with Gasteiger partial charge in [-0.15, -0.1) is 0 Å². The molecule has 4 nitrogen and oxygen atoms in total. The second kappa shape index (κ2) is 6.98. The van der Waals surface area contributed by atoms with Crippen molar-refractivity contribution in [2.45, 2.75) is 19.1 Å². The van der Waals surface area contributed by atoms with Crippen LogP contribution >= 0.6 is 0 Å². The Labute approximate surface area is 134 Å². The van der Waals surface area contributed by atoms with Crippen molar-refractivity contribution in [1.29, 1.82) is 0 Å². The van der Waals surface area contributed by atoms with E-state index in [-0.39, 0.29) is 5.82 Å². The SMILES string of the molecule is CCC1(COc2ccc(Oc3ccc(F)cc3)cc2)OCCO1. The van der Waals surface area contributed by atoms with E-state index in [0.29, 0.717) is 37.1 Å². The molecule has 0 N–H and O–H groups in total. The third-order valence-electron chi connectivity index (χ3n) is 3.68. The Morgan fingerprint density at radius 1 is 0.913 bits per heavy atom. The molecule has 0 saturated carbocycles. The Morgan fingerprint density at radius 3 is 2.00 bits per heavy atom. The molecule has 2 aromatic carbocycles. The van der Waals surface area contributed by atoms with Crippen LogP contribution in [0.1, 0.15) is 13.3 Å². The van der Waals surface area contributed by atoms with E-state index in [0.717, 1.165) is 6.42 Å². The smallest absolute Gasteiger partial charge is 0.202 e. The molecule has 0 aromatic heterocycles. The monoisotopic (exact) mass is 318 g/mol. The molecule has 5 heteroatoms. The lowest BCUT2D eigenvalue weighted by atomic mass is 10.2. The minimum atomic E-state index is -0.636. The maximum absolute atomic E-state index is 12.9. The fourth-order valence-corrected chi connectivity index (χ4v) is 2.32. The minimum Gasteiger partial charge on any atom is -0.488 e. The average Bonchev–Trinajstić information content (AvgIpc) is 3.06. The summed E-state index contributed by atoms with van der Waals surface area (Å²) >= 11 is 0. The highest BCUT2D eigenvalue weighted by atomic mass is 19.1. The quantitative estimate of drug-likeness (QED) is 0.802. The van der Waals surface area contributed by atoms with Crippen LogP contribution in [0.25, 0.3) is 0 Å². The van der Waals surface area contributed by atoms with Gasteiger partial charge in [0.25, 0.3) is 0 Å². The first kappa shape index (κ1) is 15.8. The highest BCUT2D eigenvalue weighted by Gasteiger charge is 2.35. The molecule has 1 aliphatic heterocycles. The highest BCUT2D eigenvalue weighted by Crippen LogP contribution is 2.27. The van der Waals surface area contributed by atoms with Gasteiger partial charge in [0.05, 0.1) is 13.2 Å². The Kier molecular flexibility index (Phi) is 4.79. The van der Waals surface area contributed by atoms with Crippen LogP contribution in [0.4, 0.5) is 4.39 Å². The van der Waals surface area contributed by atoms with Gasteiger partial charge in [0.15, 0.2) is 0 Å². The van der Waals surface area contributed by atoms with Gasteiger partial charge < -0.3 is 18.9 Å². The molecule has 0 radical (unpaired) electrons. The summed E-state index contributed by atoms with van der Waals surface area (Å²) in [6, 6.07) is 13.1.